The summed E-state index contributed by atoms with van der Waals surface area (Å²) >= 11 is 0. The van der Waals surface area contributed by atoms with Gasteiger partial charge in [0.1, 0.15) is 29.7 Å². The molecule has 0 bridgehead atoms. The average Bonchev–Trinajstić information content (AvgIpc) is 2.83. The van der Waals surface area contributed by atoms with Gasteiger partial charge in [0, 0.05) is 40.6 Å². The van der Waals surface area contributed by atoms with Crippen LogP contribution in [0.1, 0.15) is 37.5 Å². The predicted molar refractivity (Wildman–Crippen MR) is 141 cm³/mol. The number of hydrogen-bond donors (Lipinski definition) is 1. The molecule has 36 heavy (non-hydrogen) atoms. The fraction of sp³-hybridized carbons (Fsp3) is 0.233. The normalized spacial score (nSPS) is 13.7. The molecule has 186 valence electrons. The minimum absolute atomic E-state index is 0.204. The van der Waals surface area contributed by atoms with Gasteiger partial charge in [0.05, 0.1) is 12.6 Å². The molecular weight excluding hydrogens is 457 g/mol. The minimum atomic E-state index is -0.549. The van der Waals surface area contributed by atoms with Crippen LogP contribution in [-0.4, -0.2) is 18.6 Å². The van der Waals surface area contributed by atoms with Crippen LogP contribution in [0.5, 0.6) is 17.2 Å². The van der Waals surface area contributed by atoms with E-state index in [0.717, 1.165) is 45.2 Å². The third kappa shape index (κ3) is 5.13. The third-order valence-electron chi connectivity index (χ3n) is 6.11. The van der Waals surface area contributed by atoms with Gasteiger partial charge in [-0.25, -0.2) is 9.18 Å². The molecule has 4 rings (SSSR count). The summed E-state index contributed by atoms with van der Waals surface area (Å²) in [6.07, 6.45) is 3.29. The maximum absolute atomic E-state index is 13.9. The average molecular weight is 488 g/mol. The lowest BCUT2D eigenvalue weighted by molar-refractivity contribution is -0.128. The quantitative estimate of drug-likeness (QED) is 0.219. The second-order valence-electron chi connectivity index (χ2n) is 9.37. The van der Waals surface area contributed by atoms with E-state index in [9.17, 15) is 9.18 Å². The van der Waals surface area contributed by atoms with E-state index in [2.05, 4.69) is 38.7 Å². The summed E-state index contributed by atoms with van der Waals surface area (Å²) in [6.45, 7) is 11.9. The van der Waals surface area contributed by atoms with E-state index in [4.69, 9.17) is 14.2 Å². The monoisotopic (exact) mass is 487 g/mol. The van der Waals surface area contributed by atoms with Crippen molar-refractivity contribution in [3.05, 3.63) is 89.8 Å². The van der Waals surface area contributed by atoms with E-state index in [0.29, 0.717) is 17.2 Å². The molecule has 1 N–H and O–H groups in total. The molecule has 3 aromatic carbocycles. The van der Waals surface area contributed by atoms with Gasteiger partial charge in [-0.1, -0.05) is 24.8 Å². The number of aryl methyl sites for hydroxylation is 1. The van der Waals surface area contributed by atoms with Crippen molar-refractivity contribution in [2.24, 2.45) is 0 Å². The number of anilines is 1. The molecule has 0 unspecified atom stereocenters. The largest absolute Gasteiger partial charge is 0.496 e. The van der Waals surface area contributed by atoms with Gasteiger partial charge in [-0.05, 0) is 68.7 Å². The molecule has 0 atom stereocenters. The number of methoxy groups -OCH3 is 1. The maximum Gasteiger partial charge on any atom is 0.335 e. The molecular formula is C30H30FNO4. The predicted octanol–water partition coefficient (Wildman–Crippen LogP) is 7.09. The van der Waals surface area contributed by atoms with Gasteiger partial charge in [-0.3, -0.25) is 0 Å². The lowest BCUT2D eigenvalue weighted by atomic mass is 9.85. The van der Waals surface area contributed by atoms with Crippen molar-refractivity contribution in [3.8, 4) is 28.4 Å². The first-order valence-corrected chi connectivity index (χ1v) is 11.7. The molecule has 0 spiro atoms. The van der Waals surface area contributed by atoms with Crippen molar-refractivity contribution in [2.45, 2.75) is 39.8 Å². The van der Waals surface area contributed by atoms with Crippen molar-refractivity contribution in [2.75, 3.05) is 12.4 Å². The Morgan fingerprint density at radius 1 is 1.06 bits per heavy atom. The summed E-state index contributed by atoms with van der Waals surface area (Å²) in [6, 6.07) is 13.8. The first-order valence-electron chi connectivity index (χ1n) is 11.7. The van der Waals surface area contributed by atoms with Crippen LogP contribution in [0.4, 0.5) is 10.1 Å². The van der Waals surface area contributed by atoms with Crippen molar-refractivity contribution in [1.82, 2.24) is 0 Å². The van der Waals surface area contributed by atoms with Crippen molar-refractivity contribution >= 4 is 17.2 Å². The Hall–Kier alpha value is -4.06. The molecule has 0 aromatic heterocycles. The summed E-state index contributed by atoms with van der Waals surface area (Å²) in [5.74, 6) is 0.483. The smallest absolute Gasteiger partial charge is 0.335 e. The van der Waals surface area contributed by atoms with E-state index < -0.39 is 5.97 Å². The summed E-state index contributed by atoms with van der Waals surface area (Å²) < 4.78 is 31.1. The lowest BCUT2D eigenvalue weighted by Gasteiger charge is -2.33. The van der Waals surface area contributed by atoms with Gasteiger partial charge in [0.25, 0.3) is 0 Å². The van der Waals surface area contributed by atoms with E-state index in [1.54, 1.807) is 25.3 Å². The number of fused-ring (bicyclic) bond motifs is 1. The molecule has 0 saturated heterocycles. The molecule has 0 fully saturated rings. The molecule has 3 aromatic rings. The van der Waals surface area contributed by atoms with E-state index in [-0.39, 0.29) is 18.0 Å². The molecule has 0 radical (unpaired) electrons. The zero-order chi connectivity index (χ0) is 26.0. The van der Waals surface area contributed by atoms with Crippen LogP contribution in [0.2, 0.25) is 0 Å². The van der Waals surface area contributed by atoms with Gasteiger partial charge in [0.2, 0.25) is 0 Å². The molecule has 5 nitrogen and oxygen atoms in total. The topological polar surface area (TPSA) is 56.8 Å². The zero-order valence-electron chi connectivity index (χ0n) is 21.2. The molecule has 0 aliphatic carbocycles. The maximum atomic E-state index is 13.9. The van der Waals surface area contributed by atoms with Gasteiger partial charge < -0.3 is 19.5 Å². The number of rotatable bonds is 7. The Balaban J connectivity index is 1.85. The number of hydrogen-bond acceptors (Lipinski definition) is 5. The second-order valence-corrected chi connectivity index (χ2v) is 9.37. The van der Waals surface area contributed by atoms with Gasteiger partial charge in [-0.15, -0.1) is 0 Å². The van der Waals surface area contributed by atoms with Crippen LogP contribution < -0.4 is 19.5 Å². The number of halogens is 1. The highest BCUT2D eigenvalue weighted by Crippen LogP contribution is 2.43. The first kappa shape index (κ1) is 25.0. The zero-order valence-corrected chi connectivity index (χ0v) is 21.2. The highest BCUT2D eigenvalue weighted by molar-refractivity contribution is 5.89. The number of carbonyl (C=O) groups excluding carboxylic acids is 1. The van der Waals surface area contributed by atoms with Crippen molar-refractivity contribution < 1.29 is 23.4 Å². The Morgan fingerprint density at radius 3 is 2.53 bits per heavy atom. The van der Waals surface area contributed by atoms with Crippen LogP contribution >= 0.6 is 0 Å². The molecule has 0 amide bonds. The van der Waals surface area contributed by atoms with Crippen LogP contribution in [0, 0.1) is 12.7 Å². The van der Waals surface area contributed by atoms with Crippen molar-refractivity contribution in [3.63, 3.8) is 0 Å². The van der Waals surface area contributed by atoms with Crippen LogP contribution in [0.3, 0.4) is 0 Å². The Bertz CT molecular complexity index is 1370. The Labute approximate surface area is 211 Å². The summed E-state index contributed by atoms with van der Waals surface area (Å²) in [5, 5.41) is 3.58. The number of ether oxygens (including phenoxy) is 3. The van der Waals surface area contributed by atoms with Gasteiger partial charge in [0.15, 0.2) is 0 Å². The molecule has 0 saturated carbocycles. The lowest BCUT2D eigenvalue weighted by Crippen LogP contribution is -2.32. The summed E-state index contributed by atoms with van der Waals surface area (Å²) in [4.78, 5) is 11.7. The highest BCUT2D eigenvalue weighted by Gasteiger charge is 2.27. The third-order valence-corrected chi connectivity index (χ3v) is 6.11. The number of esters is 1. The van der Waals surface area contributed by atoms with Crippen LogP contribution in [-0.2, 0) is 11.4 Å². The standard InChI is InChI=1S/C30H30FNO4/c1-7-28(33)36-21-10-11-23(27(15-21)34-6)22-12-13-25-29(19(3)16-30(4,5)32-25)24(22)17-35-26-14-20(31)9-8-18(26)2/h7-16,32H,1,17H2,2-6H3. The van der Waals surface area contributed by atoms with E-state index >= 15 is 0 Å². The Morgan fingerprint density at radius 2 is 1.81 bits per heavy atom. The molecule has 1 aliphatic heterocycles. The van der Waals surface area contributed by atoms with Crippen LogP contribution in [0.25, 0.3) is 16.7 Å². The minimum Gasteiger partial charge on any atom is -0.496 e. The van der Waals surface area contributed by atoms with Gasteiger partial charge >= 0.3 is 5.97 Å². The fourth-order valence-corrected chi connectivity index (χ4v) is 4.60. The fourth-order valence-electron chi connectivity index (χ4n) is 4.60. The summed E-state index contributed by atoms with van der Waals surface area (Å²) in [7, 11) is 1.57. The van der Waals surface area contributed by atoms with E-state index in [1.165, 1.54) is 12.1 Å². The van der Waals surface area contributed by atoms with Gasteiger partial charge in [-0.2, -0.15) is 0 Å². The SMILES string of the molecule is C=CC(=O)Oc1ccc(-c2ccc3c(c2COc2cc(F)ccc2C)C(C)=CC(C)(C)N3)c(OC)c1. The summed E-state index contributed by atoms with van der Waals surface area (Å²) in [5.41, 5.74) is 6.42. The number of carbonyl (C=O) groups is 1. The molecule has 1 aliphatic rings. The Kier molecular flexibility index (Phi) is 6.88. The van der Waals surface area contributed by atoms with Crippen molar-refractivity contribution in [1.29, 1.82) is 0 Å². The van der Waals surface area contributed by atoms with E-state index in [1.807, 2.05) is 25.1 Å². The van der Waals surface area contributed by atoms with Crippen LogP contribution in [0.15, 0.2) is 67.3 Å². The first-order chi connectivity index (χ1) is 17.1. The number of allylic oxidation sites excluding steroid dienone is 1. The number of nitrogens with one attached hydrogen (secondary N) is 1. The highest BCUT2D eigenvalue weighted by atomic mass is 19.1. The number of benzene rings is 3. The molecule has 1 heterocycles. The second kappa shape index (κ2) is 9.90. The molecule has 6 heteroatoms.